The number of nitrogens with zero attached hydrogens (tertiary/aromatic N) is 1. The highest BCUT2D eigenvalue weighted by atomic mass is 16.3. The molecule has 1 N–H and O–H groups in total. The van der Waals surface area contributed by atoms with Crippen molar-refractivity contribution >= 4 is 11.1 Å². The van der Waals surface area contributed by atoms with Crippen LogP contribution in [0.1, 0.15) is 25.6 Å². The summed E-state index contributed by atoms with van der Waals surface area (Å²) in [6.45, 7) is 4.24. The maximum Gasteiger partial charge on any atom is 0.152 e. The van der Waals surface area contributed by atoms with Gasteiger partial charge in [-0.15, -0.1) is 0 Å². The Hall–Kier alpha value is -1.22. The van der Waals surface area contributed by atoms with Crippen molar-refractivity contribution in [3.63, 3.8) is 0 Å². The van der Waals surface area contributed by atoms with Gasteiger partial charge in [-0.25, -0.2) is 0 Å². The molecule has 0 saturated carbocycles. The first-order chi connectivity index (χ1) is 6.24. The molecule has 0 aliphatic rings. The normalized spacial score (nSPS) is 11.7. The second-order valence-electron chi connectivity index (χ2n) is 3.43. The number of hydrogen-bond acceptors (Lipinski definition) is 2. The lowest BCUT2D eigenvalue weighted by Crippen LogP contribution is -2.04. The summed E-state index contributed by atoms with van der Waals surface area (Å²) in [6.07, 6.45) is 1.67. The van der Waals surface area contributed by atoms with Gasteiger partial charge in [-0.2, -0.15) is 0 Å². The Bertz CT molecular complexity index is 411. The lowest BCUT2D eigenvalue weighted by molar-refractivity contribution is 0.269. The molecule has 2 heterocycles. The summed E-state index contributed by atoms with van der Waals surface area (Å²) in [5.74, 6) is 0. The molecule has 0 aliphatic carbocycles. The third-order valence-corrected chi connectivity index (χ3v) is 2.22. The number of fused-ring (bicyclic) bond motifs is 1. The van der Waals surface area contributed by atoms with Crippen LogP contribution < -0.4 is 0 Å². The number of rotatable bonds is 2. The molecular formula is C10H13NO2. The predicted molar refractivity (Wildman–Crippen MR) is 50.5 cm³/mol. The Balaban J connectivity index is 2.70. The Morgan fingerprint density at radius 1 is 1.54 bits per heavy atom. The fourth-order valence-electron chi connectivity index (χ4n) is 1.73. The molecule has 0 amide bonds. The maximum absolute atomic E-state index is 9.12. The highest BCUT2D eigenvalue weighted by molar-refractivity contribution is 5.75. The number of furan rings is 1. The van der Waals surface area contributed by atoms with Crippen molar-refractivity contribution in [3.8, 4) is 0 Å². The van der Waals surface area contributed by atoms with Gasteiger partial charge in [0.15, 0.2) is 5.58 Å². The van der Waals surface area contributed by atoms with Gasteiger partial charge in [0.05, 0.1) is 18.4 Å². The molecule has 70 valence electrons. The Morgan fingerprint density at radius 3 is 2.92 bits per heavy atom. The number of aliphatic hydroxyl groups excluding tert-OH is 1. The van der Waals surface area contributed by atoms with E-state index in [-0.39, 0.29) is 6.61 Å². The third kappa shape index (κ3) is 1.16. The molecule has 0 unspecified atom stereocenters. The molecule has 0 saturated heterocycles. The van der Waals surface area contributed by atoms with E-state index in [9.17, 15) is 0 Å². The highest BCUT2D eigenvalue weighted by Crippen LogP contribution is 2.24. The molecule has 0 bridgehead atoms. The average Bonchev–Trinajstić information content (AvgIpc) is 2.59. The van der Waals surface area contributed by atoms with E-state index in [0.29, 0.717) is 6.04 Å². The van der Waals surface area contributed by atoms with Crippen molar-refractivity contribution in [2.45, 2.75) is 26.5 Å². The van der Waals surface area contributed by atoms with Crippen LogP contribution in [-0.2, 0) is 6.61 Å². The first kappa shape index (κ1) is 8.38. The van der Waals surface area contributed by atoms with E-state index >= 15 is 0 Å². The van der Waals surface area contributed by atoms with Crippen molar-refractivity contribution in [1.82, 2.24) is 4.57 Å². The van der Waals surface area contributed by atoms with Gasteiger partial charge >= 0.3 is 0 Å². The number of aromatic nitrogens is 1. The van der Waals surface area contributed by atoms with Crippen LogP contribution in [-0.4, -0.2) is 9.67 Å². The zero-order chi connectivity index (χ0) is 9.42. The number of hydrogen-bond donors (Lipinski definition) is 1. The van der Waals surface area contributed by atoms with Crippen LogP contribution in [0.3, 0.4) is 0 Å². The minimum atomic E-state index is 0.0579. The van der Waals surface area contributed by atoms with E-state index in [2.05, 4.69) is 18.4 Å². The van der Waals surface area contributed by atoms with Crippen LogP contribution in [0.25, 0.3) is 11.1 Å². The molecule has 0 aliphatic heterocycles. The second-order valence-corrected chi connectivity index (χ2v) is 3.43. The van der Waals surface area contributed by atoms with E-state index in [0.717, 1.165) is 16.8 Å². The molecule has 3 nitrogen and oxygen atoms in total. The van der Waals surface area contributed by atoms with Gasteiger partial charge in [0.1, 0.15) is 0 Å². The van der Waals surface area contributed by atoms with Gasteiger partial charge in [-0.1, -0.05) is 0 Å². The van der Waals surface area contributed by atoms with Crippen molar-refractivity contribution in [2.24, 2.45) is 0 Å². The van der Waals surface area contributed by atoms with E-state index in [1.54, 1.807) is 6.26 Å². The smallest absolute Gasteiger partial charge is 0.152 e. The fourth-order valence-corrected chi connectivity index (χ4v) is 1.73. The first-order valence-corrected chi connectivity index (χ1v) is 4.42. The van der Waals surface area contributed by atoms with Crippen LogP contribution in [0.4, 0.5) is 0 Å². The van der Waals surface area contributed by atoms with E-state index in [1.807, 2.05) is 12.1 Å². The maximum atomic E-state index is 9.12. The summed E-state index contributed by atoms with van der Waals surface area (Å²) in [6, 6.07) is 4.15. The standard InChI is InChI=1S/C10H13NO2/c1-7(2)11-8(6-12)5-10-9(11)3-4-13-10/h3-5,7,12H,6H2,1-2H3. The van der Waals surface area contributed by atoms with E-state index < -0.39 is 0 Å². The summed E-state index contributed by atoms with van der Waals surface area (Å²) in [5, 5.41) is 9.12. The second kappa shape index (κ2) is 2.92. The Kier molecular flexibility index (Phi) is 1.88. The van der Waals surface area contributed by atoms with Crippen molar-refractivity contribution in [2.75, 3.05) is 0 Å². The third-order valence-electron chi connectivity index (χ3n) is 2.22. The van der Waals surface area contributed by atoms with E-state index in [4.69, 9.17) is 9.52 Å². The van der Waals surface area contributed by atoms with Crippen LogP contribution in [0, 0.1) is 0 Å². The lowest BCUT2D eigenvalue weighted by atomic mass is 10.3. The molecule has 3 heteroatoms. The van der Waals surface area contributed by atoms with Crippen molar-refractivity contribution in [1.29, 1.82) is 0 Å². The van der Waals surface area contributed by atoms with Crippen LogP contribution in [0.15, 0.2) is 22.8 Å². The zero-order valence-corrected chi connectivity index (χ0v) is 7.82. The van der Waals surface area contributed by atoms with Gasteiger partial charge in [-0.05, 0) is 13.8 Å². The van der Waals surface area contributed by atoms with Gasteiger partial charge in [0.2, 0.25) is 0 Å². The number of aliphatic hydroxyl groups is 1. The molecule has 0 aromatic carbocycles. The summed E-state index contributed by atoms with van der Waals surface area (Å²) >= 11 is 0. The molecule has 2 rings (SSSR count). The van der Waals surface area contributed by atoms with Gasteiger partial charge < -0.3 is 14.1 Å². The van der Waals surface area contributed by atoms with Crippen molar-refractivity contribution in [3.05, 3.63) is 24.1 Å². The molecule has 2 aromatic heterocycles. The molecule has 13 heavy (non-hydrogen) atoms. The molecule has 0 fully saturated rings. The van der Waals surface area contributed by atoms with Gasteiger partial charge in [0, 0.05) is 23.9 Å². The summed E-state index contributed by atoms with van der Waals surface area (Å²) in [7, 11) is 0. The summed E-state index contributed by atoms with van der Waals surface area (Å²) in [5.41, 5.74) is 2.81. The Labute approximate surface area is 76.6 Å². The minimum absolute atomic E-state index is 0.0579. The largest absolute Gasteiger partial charge is 0.463 e. The zero-order valence-electron chi connectivity index (χ0n) is 7.82. The first-order valence-electron chi connectivity index (χ1n) is 4.42. The summed E-state index contributed by atoms with van der Waals surface area (Å²) < 4.78 is 7.34. The van der Waals surface area contributed by atoms with Crippen LogP contribution >= 0.6 is 0 Å². The lowest BCUT2D eigenvalue weighted by Gasteiger charge is -2.11. The topological polar surface area (TPSA) is 38.3 Å². The average molecular weight is 179 g/mol. The Morgan fingerprint density at radius 2 is 2.31 bits per heavy atom. The van der Waals surface area contributed by atoms with E-state index in [1.165, 1.54) is 0 Å². The molecule has 0 spiro atoms. The minimum Gasteiger partial charge on any atom is -0.463 e. The molecular weight excluding hydrogens is 166 g/mol. The fraction of sp³-hybridized carbons (Fsp3) is 0.400. The molecule has 2 aromatic rings. The highest BCUT2D eigenvalue weighted by Gasteiger charge is 2.11. The monoisotopic (exact) mass is 179 g/mol. The van der Waals surface area contributed by atoms with Gasteiger partial charge in [0.25, 0.3) is 0 Å². The van der Waals surface area contributed by atoms with Gasteiger partial charge in [-0.3, -0.25) is 0 Å². The summed E-state index contributed by atoms with van der Waals surface area (Å²) in [4.78, 5) is 0. The molecule has 0 atom stereocenters. The predicted octanol–water partition coefficient (Wildman–Crippen LogP) is 2.31. The molecule has 0 radical (unpaired) electrons. The van der Waals surface area contributed by atoms with Crippen molar-refractivity contribution < 1.29 is 9.52 Å². The SMILES string of the molecule is CC(C)n1c(CO)cc2occc21. The van der Waals surface area contributed by atoms with Crippen LogP contribution in [0.2, 0.25) is 0 Å². The quantitative estimate of drug-likeness (QED) is 0.768. The van der Waals surface area contributed by atoms with Crippen LogP contribution in [0.5, 0.6) is 0 Å².